The molecule has 0 saturated carbocycles. The van der Waals surface area contributed by atoms with E-state index in [9.17, 15) is 49.5 Å². The summed E-state index contributed by atoms with van der Waals surface area (Å²) < 4.78 is 6.47. The molecule has 0 aliphatic carbocycles. The summed E-state index contributed by atoms with van der Waals surface area (Å²) in [7, 11) is 0. The quantitative estimate of drug-likeness (QED) is 0.0357. The van der Waals surface area contributed by atoms with Crippen LogP contribution < -0.4 is 59.3 Å². The molecule has 4 heterocycles. The van der Waals surface area contributed by atoms with E-state index in [0.717, 1.165) is 4.68 Å². The number of carbonyl (C=O) groups is 11. The minimum absolute atomic E-state index is 0.0456. The van der Waals surface area contributed by atoms with Crippen LogP contribution in [0.5, 0.6) is 5.75 Å². The second kappa shape index (κ2) is 38.5. The van der Waals surface area contributed by atoms with Gasteiger partial charge >= 0.3 is 0 Å². The van der Waals surface area contributed by atoms with Crippen molar-refractivity contribution in [1.29, 1.82) is 0 Å². The number of nitrogens with zero attached hydrogens (tertiary/aromatic N) is 4. The van der Waals surface area contributed by atoms with E-state index in [-0.39, 0.29) is 81.8 Å². The number of rotatable bonds is 21. The Balaban J connectivity index is 1.23. The van der Waals surface area contributed by atoms with Gasteiger partial charge in [0.25, 0.3) is 0 Å². The number of amides is 11. The number of aliphatic hydroxyl groups is 4. The van der Waals surface area contributed by atoms with Crippen molar-refractivity contribution in [3.8, 4) is 5.75 Å². The van der Waals surface area contributed by atoms with Crippen molar-refractivity contribution >= 4 is 65.0 Å². The molecule has 3 aliphatic rings. The molecule has 3 fully saturated rings. The fraction of sp³-hybridized carbons (Fsp3) is 0.493. The molecule has 18 N–H and O–H groups in total. The van der Waals surface area contributed by atoms with Gasteiger partial charge in [-0.25, -0.2) is 4.68 Å². The summed E-state index contributed by atoms with van der Waals surface area (Å²) in [5, 5.41) is 84.9. The minimum atomic E-state index is -1.91. The zero-order chi connectivity index (χ0) is 76.0. The smallest absolute Gasteiger partial charge is 0.246 e. The number of phenolic OH excluding ortho intramolecular Hbond substituents is 1. The molecular formula is C73H97N15O17. The number of phenols is 1. The highest BCUT2D eigenvalue weighted by Crippen LogP contribution is 2.24. The van der Waals surface area contributed by atoms with Crippen molar-refractivity contribution in [1.82, 2.24) is 67.7 Å². The van der Waals surface area contributed by atoms with E-state index in [2.05, 4.69) is 58.2 Å². The molecule has 5 aromatic rings. The molecule has 0 spiro atoms. The van der Waals surface area contributed by atoms with Gasteiger partial charge in [0, 0.05) is 51.3 Å². The molecule has 8 rings (SSSR count). The number of hydrogen-bond acceptors (Lipinski definition) is 20. The largest absolute Gasteiger partial charge is 0.508 e. The Hall–Kier alpha value is -10.3. The summed E-state index contributed by atoms with van der Waals surface area (Å²) in [6, 6.07) is 16.5. The van der Waals surface area contributed by atoms with Crippen molar-refractivity contribution in [2.24, 2.45) is 23.3 Å². The number of benzene rings is 4. The topological polar surface area (TPSA) is 492 Å². The molecule has 0 radical (unpaired) electrons. The predicted molar refractivity (Wildman–Crippen MR) is 378 cm³/mol. The van der Waals surface area contributed by atoms with E-state index in [0.29, 0.717) is 28.7 Å². The predicted octanol–water partition coefficient (Wildman–Crippen LogP) is -2.63. The van der Waals surface area contributed by atoms with Crippen molar-refractivity contribution in [2.75, 3.05) is 13.1 Å². The molecule has 0 bridgehead atoms. The summed E-state index contributed by atoms with van der Waals surface area (Å²) in [5.41, 5.74) is 13.7. The van der Waals surface area contributed by atoms with Gasteiger partial charge in [0.15, 0.2) is 6.29 Å². The zero-order valence-corrected chi connectivity index (χ0v) is 59.0. The summed E-state index contributed by atoms with van der Waals surface area (Å²) >= 11 is 0. The van der Waals surface area contributed by atoms with Crippen LogP contribution in [0.1, 0.15) is 101 Å². The van der Waals surface area contributed by atoms with Crippen LogP contribution in [0, 0.1) is 11.8 Å². The van der Waals surface area contributed by atoms with Crippen molar-refractivity contribution < 1.29 is 83.0 Å². The number of fused-ring (bicyclic) bond motifs is 1. The first kappa shape index (κ1) is 80.4. The van der Waals surface area contributed by atoms with Gasteiger partial charge in [0.05, 0.1) is 12.2 Å². The van der Waals surface area contributed by atoms with Gasteiger partial charge in [-0.15, -0.1) is 5.10 Å². The van der Waals surface area contributed by atoms with Crippen molar-refractivity contribution in [2.45, 2.75) is 202 Å². The van der Waals surface area contributed by atoms with Gasteiger partial charge in [-0.3, -0.25) is 52.7 Å². The third-order valence-corrected chi connectivity index (χ3v) is 18.5. The molecule has 3 saturated heterocycles. The average molecular weight is 1460 g/mol. The van der Waals surface area contributed by atoms with Crippen LogP contribution >= 0.6 is 0 Å². The van der Waals surface area contributed by atoms with Crippen molar-refractivity contribution in [3.05, 3.63) is 149 Å². The fourth-order valence-corrected chi connectivity index (χ4v) is 12.8. The number of aromatic nitrogens is 3. The number of primary amides is 1. The average Bonchev–Trinajstić information content (AvgIpc) is 1.80. The van der Waals surface area contributed by atoms with Gasteiger partial charge in [-0.1, -0.05) is 136 Å². The summed E-state index contributed by atoms with van der Waals surface area (Å²) in [4.78, 5) is 164. The van der Waals surface area contributed by atoms with Gasteiger partial charge in [0.2, 0.25) is 65.0 Å². The second-order valence-corrected chi connectivity index (χ2v) is 27.6. The normalized spacial score (nSPS) is 26.9. The maximum atomic E-state index is 15.4. The zero-order valence-electron chi connectivity index (χ0n) is 59.0. The van der Waals surface area contributed by atoms with E-state index in [1.807, 2.05) is 13.8 Å². The molecule has 1 unspecified atom stereocenters. The van der Waals surface area contributed by atoms with Crippen LogP contribution in [-0.4, -0.2) is 215 Å². The Morgan fingerprint density at radius 2 is 0.962 bits per heavy atom. The van der Waals surface area contributed by atoms with Crippen LogP contribution in [0.15, 0.2) is 121 Å². The maximum absolute atomic E-state index is 15.4. The Morgan fingerprint density at radius 3 is 1.48 bits per heavy atom. The molecule has 15 atom stereocenters. The number of ether oxygens (including phenoxy) is 1. The maximum Gasteiger partial charge on any atom is 0.246 e. The molecule has 32 heteroatoms. The Morgan fingerprint density at radius 1 is 0.524 bits per heavy atom. The van der Waals surface area contributed by atoms with Crippen LogP contribution in [0.2, 0.25) is 0 Å². The number of hydrogen-bond donors (Lipinski definition) is 16. The monoisotopic (exact) mass is 1460 g/mol. The molecular weight excluding hydrogens is 1360 g/mol. The first-order valence-electron chi connectivity index (χ1n) is 35.3. The van der Waals surface area contributed by atoms with E-state index < -0.39 is 188 Å². The van der Waals surface area contributed by atoms with E-state index >= 15 is 28.8 Å². The SMILES string of the molecule is CC(C)C[C@@H]1NC(=O)[C@H](CCCN)NC(=O)[C@H](C(C)C)NC(=O)[C@H](Cc2ccc(O)cc2)NC(=O)[C@H](CCC(N)=O)NC(=O)[C@H](Cc2cn(C[C@H]3OC(O)[C@H](O)[C@@H](O)[C@@H]3O)nn2)NC(=O)[C@@H](Cc2ccccc2)NC(=O)[C@H](Cc2ccccc2)NC(=O)[C@@H]2CCCN2C(=O)[C@@H](Cc2ccccc2)NC1=O. The lowest BCUT2D eigenvalue weighted by Gasteiger charge is -2.38. The van der Waals surface area contributed by atoms with Gasteiger partial charge in [-0.05, 0) is 91.3 Å². The van der Waals surface area contributed by atoms with Crippen LogP contribution in [0.25, 0.3) is 0 Å². The number of nitrogens with two attached hydrogens (primary N) is 2. The molecule has 32 nitrogen and oxygen atoms in total. The molecule has 1 aromatic heterocycles. The fourth-order valence-electron chi connectivity index (χ4n) is 12.8. The van der Waals surface area contributed by atoms with Gasteiger partial charge in [0.1, 0.15) is 90.6 Å². The van der Waals surface area contributed by atoms with Gasteiger partial charge in [-0.2, -0.15) is 0 Å². The first-order chi connectivity index (χ1) is 50.1. The standard InChI is InChI=1S/C73H97N15O17/c1-40(2)32-50-65(96)83-55(36-44-20-12-7-13-21-44)72(103)88-31-15-23-56(88)70(101)82-52(34-43-18-10-6-11-19-43)67(98)80-51(33-42-16-8-5-9-17-42)66(97)81-54(37-46-38-87(86-85-46)39-57-60(91)61(92)62(93)73(104)105-57)68(99)76-49(28-29-58(75)90)64(95)79-53(35-45-24-26-47(89)27-25-45)69(100)84-59(41(3)4)71(102)77-48(22-14-30-74)63(94)78-50/h5-13,16-21,24-27,38,40-41,48-57,59-62,73,89,91-93,104H,14-15,22-23,28-37,39,74H2,1-4H3,(H2,75,90)(H,76,99)(H,77,102)(H,78,94)(H,79,95)(H,80,98)(H,81,97)(H,82,101)(H,83,96)(H,84,100)/t48-,49-,50-,51+,52-,53-,54-,55+,56-,57+,59-,60+,61-,62+,73?/m0/s1. The highest BCUT2D eigenvalue weighted by molar-refractivity contribution is 6.00. The lowest BCUT2D eigenvalue weighted by molar-refractivity contribution is -0.284. The van der Waals surface area contributed by atoms with Crippen molar-refractivity contribution in [3.63, 3.8) is 0 Å². The molecule has 11 amide bonds. The second-order valence-electron chi connectivity index (χ2n) is 27.6. The van der Waals surface area contributed by atoms with Crippen LogP contribution in [0.3, 0.4) is 0 Å². The lowest BCUT2D eigenvalue weighted by atomic mass is 9.98. The summed E-state index contributed by atoms with van der Waals surface area (Å²) in [6.45, 7) is 6.58. The highest BCUT2D eigenvalue weighted by atomic mass is 16.6. The highest BCUT2D eigenvalue weighted by Gasteiger charge is 2.45. The number of nitrogens with one attached hydrogen (secondary N) is 9. The molecule has 3 aliphatic heterocycles. The Bertz CT molecular complexity index is 3780. The lowest BCUT2D eigenvalue weighted by Crippen LogP contribution is -2.62. The number of carbonyl (C=O) groups excluding carboxylic acids is 11. The third kappa shape index (κ3) is 23.4. The van der Waals surface area contributed by atoms with Crippen LogP contribution in [0.4, 0.5) is 0 Å². The molecule has 4 aromatic carbocycles. The Kier molecular flexibility index (Phi) is 29.5. The third-order valence-electron chi connectivity index (χ3n) is 18.5. The number of aliphatic hydroxyl groups excluding tert-OH is 4. The van der Waals surface area contributed by atoms with E-state index in [1.165, 1.54) is 35.4 Å². The van der Waals surface area contributed by atoms with E-state index in [1.54, 1.807) is 105 Å². The number of aromatic hydroxyl groups is 1. The molecule has 566 valence electrons. The summed E-state index contributed by atoms with van der Waals surface area (Å²) in [6.07, 6.45) is -9.21. The Labute approximate surface area is 607 Å². The first-order valence-corrected chi connectivity index (χ1v) is 35.3. The van der Waals surface area contributed by atoms with E-state index in [4.69, 9.17) is 16.2 Å². The summed E-state index contributed by atoms with van der Waals surface area (Å²) in [5.74, 6) is -10.9. The van der Waals surface area contributed by atoms with Crippen LogP contribution in [-0.2, 0) is 96.1 Å². The minimum Gasteiger partial charge on any atom is -0.508 e. The van der Waals surface area contributed by atoms with Gasteiger partial charge < -0.3 is 94.5 Å². The molecule has 105 heavy (non-hydrogen) atoms.